The third kappa shape index (κ3) is 4.60. The van der Waals surface area contributed by atoms with E-state index < -0.39 is 0 Å². The van der Waals surface area contributed by atoms with Crippen molar-refractivity contribution < 1.29 is 4.74 Å². The van der Waals surface area contributed by atoms with Gasteiger partial charge in [0.1, 0.15) is 12.1 Å². The van der Waals surface area contributed by atoms with Crippen molar-refractivity contribution in [1.82, 2.24) is 15.3 Å². The number of morpholine rings is 1. The van der Waals surface area contributed by atoms with E-state index in [-0.39, 0.29) is 0 Å². The minimum absolute atomic E-state index is 0.498. The first-order valence-corrected chi connectivity index (χ1v) is 10.6. The Morgan fingerprint density at radius 3 is 2.79 bits per heavy atom. The summed E-state index contributed by atoms with van der Waals surface area (Å²) < 4.78 is 5.54. The summed E-state index contributed by atoms with van der Waals surface area (Å²) in [4.78, 5) is 8.59. The van der Waals surface area contributed by atoms with E-state index in [0.29, 0.717) is 23.8 Å². The van der Waals surface area contributed by atoms with Crippen LogP contribution < -0.4 is 10.6 Å². The Hall–Kier alpha value is -2.23. The van der Waals surface area contributed by atoms with Gasteiger partial charge in [0, 0.05) is 24.0 Å². The van der Waals surface area contributed by atoms with Crippen LogP contribution in [-0.4, -0.2) is 41.3 Å². The van der Waals surface area contributed by atoms with Crippen LogP contribution >= 0.6 is 0 Å². The van der Waals surface area contributed by atoms with Crippen LogP contribution in [0.5, 0.6) is 0 Å². The lowest BCUT2D eigenvalue weighted by Gasteiger charge is -2.26. The zero-order valence-corrected chi connectivity index (χ0v) is 16.4. The molecule has 1 aliphatic heterocycles. The van der Waals surface area contributed by atoms with Crippen LogP contribution in [0, 0.1) is 11.3 Å². The Balaban J connectivity index is 0.000000177. The highest BCUT2D eigenvalue weighted by molar-refractivity contribution is 5.89. The Kier molecular flexibility index (Phi) is 6.35. The second kappa shape index (κ2) is 9.31. The lowest BCUT2D eigenvalue weighted by molar-refractivity contribution is 0.0113. The third-order valence-electron chi connectivity index (χ3n) is 6.00. The number of fused-ring (bicyclic) bond motifs is 2. The van der Waals surface area contributed by atoms with Crippen LogP contribution in [0.15, 0.2) is 24.5 Å². The molecular weight excluding hydrogens is 350 g/mol. The highest BCUT2D eigenvalue weighted by Crippen LogP contribution is 2.25. The summed E-state index contributed by atoms with van der Waals surface area (Å²) >= 11 is 0. The highest BCUT2D eigenvalue weighted by atomic mass is 16.5. The number of rotatable bonds is 2. The van der Waals surface area contributed by atoms with Crippen molar-refractivity contribution in [2.24, 2.45) is 0 Å². The second-order valence-electron chi connectivity index (χ2n) is 7.95. The van der Waals surface area contributed by atoms with Gasteiger partial charge in [-0.2, -0.15) is 5.26 Å². The summed E-state index contributed by atoms with van der Waals surface area (Å²) in [5, 5.41) is 16.9. The number of nitrogens with one attached hydrogen (secondary N) is 2. The van der Waals surface area contributed by atoms with Gasteiger partial charge in [0.2, 0.25) is 0 Å². The molecule has 1 saturated heterocycles. The minimum atomic E-state index is 0.498. The molecule has 148 valence electrons. The fourth-order valence-electron chi connectivity index (χ4n) is 4.50. The Morgan fingerprint density at radius 1 is 1.07 bits per heavy atom. The van der Waals surface area contributed by atoms with Crippen LogP contribution in [0.25, 0.3) is 10.9 Å². The average Bonchev–Trinajstić information content (AvgIpc) is 3.24. The number of hydrogen-bond donors (Lipinski definition) is 2. The topological polar surface area (TPSA) is 82.9 Å². The number of nitrogens with zero attached hydrogens (tertiary/aromatic N) is 3. The van der Waals surface area contributed by atoms with Gasteiger partial charge in [0.05, 0.1) is 29.9 Å². The smallest absolute Gasteiger partial charge is 0.137 e. The molecule has 0 bridgehead atoms. The van der Waals surface area contributed by atoms with Crippen molar-refractivity contribution in [2.45, 2.75) is 69.6 Å². The number of benzene rings is 1. The second-order valence-corrected chi connectivity index (χ2v) is 7.95. The molecule has 2 aliphatic carbocycles. The van der Waals surface area contributed by atoms with Crippen molar-refractivity contribution in [3.63, 3.8) is 0 Å². The first-order valence-electron chi connectivity index (χ1n) is 10.6. The molecular formula is C22H29N5O. The molecule has 0 amide bonds. The first-order chi connectivity index (χ1) is 13.8. The summed E-state index contributed by atoms with van der Waals surface area (Å²) in [7, 11) is 0. The third-order valence-corrected chi connectivity index (χ3v) is 6.00. The standard InChI is InChI=1S/C15H16N4.C7H13NO/c16-9-11-6-7-14-13(8-11)15(18-10-17-14)19-12-4-2-1-3-5-12;1-2-6-7(3-1)9-5-4-8-6/h6-8,10,12H,1-5H2,(H,17,18,19);6-8H,1-5H2. The fourth-order valence-corrected chi connectivity index (χ4v) is 4.50. The number of hydrogen-bond acceptors (Lipinski definition) is 6. The van der Waals surface area contributed by atoms with Gasteiger partial charge in [-0.1, -0.05) is 19.3 Å². The summed E-state index contributed by atoms with van der Waals surface area (Å²) in [6.07, 6.45) is 12.4. The molecule has 1 aromatic carbocycles. The fraction of sp³-hybridized carbons (Fsp3) is 0.591. The van der Waals surface area contributed by atoms with Crippen LogP contribution in [0.1, 0.15) is 56.9 Å². The van der Waals surface area contributed by atoms with Gasteiger partial charge < -0.3 is 15.4 Å². The van der Waals surface area contributed by atoms with Crippen molar-refractivity contribution in [3.05, 3.63) is 30.1 Å². The van der Waals surface area contributed by atoms with Crippen molar-refractivity contribution in [2.75, 3.05) is 18.5 Å². The Bertz CT molecular complexity index is 815. The molecule has 2 N–H and O–H groups in total. The molecule has 0 spiro atoms. The predicted octanol–water partition coefficient (Wildman–Crippen LogP) is 3.77. The van der Waals surface area contributed by atoms with Gasteiger partial charge in [-0.25, -0.2) is 9.97 Å². The number of ether oxygens (including phenoxy) is 1. The van der Waals surface area contributed by atoms with Gasteiger partial charge in [0.15, 0.2) is 0 Å². The van der Waals surface area contributed by atoms with Crippen LogP contribution in [0.4, 0.5) is 5.82 Å². The largest absolute Gasteiger partial charge is 0.375 e. The molecule has 28 heavy (non-hydrogen) atoms. The molecule has 2 heterocycles. The maximum Gasteiger partial charge on any atom is 0.137 e. The Morgan fingerprint density at radius 2 is 1.96 bits per heavy atom. The molecule has 2 atom stereocenters. The summed E-state index contributed by atoms with van der Waals surface area (Å²) in [6, 6.07) is 8.89. The first kappa shape index (κ1) is 19.1. The van der Waals surface area contributed by atoms with Crippen LogP contribution in [-0.2, 0) is 4.74 Å². The van der Waals surface area contributed by atoms with Gasteiger partial charge in [0.25, 0.3) is 0 Å². The molecule has 2 saturated carbocycles. The van der Waals surface area contributed by atoms with Gasteiger partial charge in [-0.15, -0.1) is 0 Å². The van der Waals surface area contributed by atoms with E-state index in [0.717, 1.165) is 29.9 Å². The van der Waals surface area contributed by atoms with Crippen molar-refractivity contribution in [3.8, 4) is 6.07 Å². The molecule has 5 rings (SSSR count). The molecule has 3 fully saturated rings. The molecule has 6 heteroatoms. The number of nitriles is 1. The van der Waals surface area contributed by atoms with E-state index in [9.17, 15) is 0 Å². The zero-order valence-electron chi connectivity index (χ0n) is 16.4. The molecule has 2 unspecified atom stereocenters. The van der Waals surface area contributed by atoms with Gasteiger partial charge in [-0.05, 0) is 50.3 Å². The monoisotopic (exact) mass is 379 g/mol. The van der Waals surface area contributed by atoms with Gasteiger partial charge >= 0.3 is 0 Å². The van der Waals surface area contributed by atoms with E-state index in [2.05, 4.69) is 26.7 Å². The van der Waals surface area contributed by atoms with E-state index in [1.165, 1.54) is 51.4 Å². The van der Waals surface area contributed by atoms with E-state index in [4.69, 9.17) is 10.00 Å². The average molecular weight is 380 g/mol. The SMILES string of the molecule is C1CC2NCCOC2C1.N#Cc1ccc2ncnc(NC3CCCCC3)c2c1. The highest BCUT2D eigenvalue weighted by Gasteiger charge is 2.29. The van der Waals surface area contributed by atoms with Crippen molar-refractivity contribution >= 4 is 16.7 Å². The van der Waals surface area contributed by atoms with E-state index in [1.54, 1.807) is 12.4 Å². The summed E-state index contributed by atoms with van der Waals surface area (Å²) in [6.45, 7) is 1.97. The lowest BCUT2D eigenvalue weighted by Crippen LogP contribution is -2.44. The molecule has 2 aromatic rings. The quantitative estimate of drug-likeness (QED) is 0.826. The van der Waals surface area contributed by atoms with Crippen molar-refractivity contribution in [1.29, 1.82) is 5.26 Å². The molecule has 1 aromatic heterocycles. The Labute approximate surface area is 166 Å². The predicted molar refractivity (Wildman–Crippen MR) is 110 cm³/mol. The summed E-state index contributed by atoms with van der Waals surface area (Å²) in [5.41, 5.74) is 1.53. The van der Waals surface area contributed by atoms with E-state index in [1.807, 2.05) is 12.1 Å². The normalized spacial score (nSPS) is 24.7. The maximum atomic E-state index is 9.00. The lowest BCUT2D eigenvalue weighted by atomic mass is 9.95. The maximum absolute atomic E-state index is 9.00. The molecule has 3 aliphatic rings. The van der Waals surface area contributed by atoms with Gasteiger partial charge in [-0.3, -0.25) is 0 Å². The van der Waals surface area contributed by atoms with E-state index >= 15 is 0 Å². The zero-order chi connectivity index (χ0) is 19.2. The molecule has 6 nitrogen and oxygen atoms in total. The number of aromatic nitrogens is 2. The van der Waals surface area contributed by atoms with Crippen LogP contribution in [0.3, 0.4) is 0 Å². The minimum Gasteiger partial charge on any atom is -0.375 e. The summed E-state index contributed by atoms with van der Waals surface area (Å²) in [5.74, 6) is 0.856. The number of anilines is 1. The molecule has 0 radical (unpaired) electrons. The van der Waals surface area contributed by atoms with Crippen LogP contribution in [0.2, 0.25) is 0 Å².